The lowest BCUT2D eigenvalue weighted by Gasteiger charge is -2.44. The average molecular weight is 280 g/mol. The fraction of sp³-hybridized carbons (Fsp3) is 0.875. The van der Waals surface area contributed by atoms with Crippen LogP contribution in [0.5, 0.6) is 0 Å². The van der Waals surface area contributed by atoms with Crippen LogP contribution >= 0.6 is 0 Å². The first-order valence-electron chi connectivity index (χ1n) is 7.62. The highest BCUT2D eigenvalue weighted by Gasteiger charge is 2.73. The van der Waals surface area contributed by atoms with Crippen LogP contribution < -0.4 is 0 Å². The molecule has 8 atom stereocenters. The summed E-state index contributed by atoms with van der Waals surface area (Å²) in [5.41, 5.74) is 0.394. The lowest BCUT2D eigenvalue weighted by Crippen LogP contribution is -2.50. The van der Waals surface area contributed by atoms with E-state index in [0.29, 0.717) is 30.7 Å². The zero-order chi connectivity index (χ0) is 14.3. The first kappa shape index (κ1) is 13.3. The van der Waals surface area contributed by atoms with Crippen molar-refractivity contribution in [3.8, 4) is 0 Å². The zero-order valence-corrected chi connectivity index (χ0v) is 12.5. The van der Waals surface area contributed by atoms with E-state index in [2.05, 4.69) is 20.4 Å². The third-order valence-electron chi connectivity index (χ3n) is 6.80. The minimum Gasteiger partial charge on any atom is -0.391 e. The molecule has 2 saturated heterocycles. The van der Waals surface area contributed by atoms with Crippen LogP contribution in [-0.4, -0.2) is 43.4 Å². The van der Waals surface area contributed by atoms with Crippen LogP contribution in [0.2, 0.25) is 0 Å². The molecule has 0 radical (unpaired) electrons. The van der Waals surface area contributed by atoms with Crippen molar-refractivity contribution >= 4 is 0 Å². The number of epoxide rings is 1. The molecule has 0 bridgehead atoms. The van der Waals surface area contributed by atoms with E-state index in [9.17, 15) is 5.11 Å². The van der Waals surface area contributed by atoms with Crippen LogP contribution in [-0.2, 0) is 14.2 Å². The summed E-state index contributed by atoms with van der Waals surface area (Å²) in [7, 11) is 1.65. The summed E-state index contributed by atoms with van der Waals surface area (Å²) in [6.45, 7) is 9.14. The molecule has 0 unspecified atom stereocenters. The fourth-order valence-corrected chi connectivity index (χ4v) is 5.33. The van der Waals surface area contributed by atoms with E-state index in [-0.39, 0.29) is 11.7 Å². The molecule has 2 aliphatic heterocycles. The van der Waals surface area contributed by atoms with Gasteiger partial charge in [0.25, 0.3) is 0 Å². The molecule has 112 valence electrons. The van der Waals surface area contributed by atoms with Gasteiger partial charge < -0.3 is 19.3 Å². The smallest absolute Gasteiger partial charge is 0.169 e. The Morgan fingerprint density at radius 3 is 2.90 bits per heavy atom. The molecule has 0 aromatic carbocycles. The minimum atomic E-state index is -0.472. The summed E-state index contributed by atoms with van der Waals surface area (Å²) in [6, 6.07) is 0. The molecule has 4 fully saturated rings. The van der Waals surface area contributed by atoms with Crippen LogP contribution in [0.3, 0.4) is 0 Å². The van der Waals surface area contributed by atoms with Crippen molar-refractivity contribution in [1.29, 1.82) is 0 Å². The van der Waals surface area contributed by atoms with E-state index in [0.717, 1.165) is 18.4 Å². The van der Waals surface area contributed by atoms with Crippen LogP contribution in [0.1, 0.15) is 26.7 Å². The van der Waals surface area contributed by atoms with Crippen molar-refractivity contribution in [2.75, 3.05) is 13.7 Å². The molecule has 20 heavy (non-hydrogen) atoms. The van der Waals surface area contributed by atoms with Crippen molar-refractivity contribution in [3.05, 3.63) is 12.2 Å². The summed E-state index contributed by atoms with van der Waals surface area (Å²) in [5.74, 6) is 0.818. The number of rotatable bonds is 1. The van der Waals surface area contributed by atoms with E-state index in [1.807, 2.05) is 0 Å². The van der Waals surface area contributed by atoms with Crippen LogP contribution in [0.15, 0.2) is 12.2 Å². The third kappa shape index (κ3) is 1.27. The predicted molar refractivity (Wildman–Crippen MR) is 73.0 cm³/mol. The molecule has 4 heteroatoms. The second-order valence-corrected chi connectivity index (χ2v) is 7.38. The minimum absolute atomic E-state index is 0.134. The van der Waals surface area contributed by atoms with E-state index < -0.39 is 11.5 Å². The van der Waals surface area contributed by atoms with Gasteiger partial charge >= 0.3 is 0 Å². The van der Waals surface area contributed by atoms with Crippen molar-refractivity contribution < 1.29 is 19.3 Å². The molecule has 0 aromatic heterocycles. The van der Waals surface area contributed by atoms with Crippen LogP contribution in [0, 0.1) is 22.7 Å². The second-order valence-electron chi connectivity index (χ2n) is 7.38. The van der Waals surface area contributed by atoms with Gasteiger partial charge in [0, 0.05) is 12.5 Å². The van der Waals surface area contributed by atoms with Gasteiger partial charge in [0.15, 0.2) is 6.29 Å². The molecule has 0 aromatic rings. The van der Waals surface area contributed by atoms with Gasteiger partial charge in [0.1, 0.15) is 0 Å². The zero-order valence-electron chi connectivity index (χ0n) is 12.5. The van der Waals surface area contributed by atoms with E-state index in [1.165, 1.54) is 0 Å². The molecule has 4 aliphatic rings. The lowest BCUT2D eigenvalue weighted by atomic mass is 9.61. The Morgan fingerprint density at radius 2 is 2.20 bits per heavy atom. The number of aliphatic hydroxyl groups excluding tert-OH is 1. The molecule has 2 heterocycles. The maximum Gasteiger partial charge on any atom is 0.169 e. The van der Waals surface area contributed by atoms with Gasteiger partial charge in [-0.05, 0) is 30.3 Å². The Kier molecular flexibility index (Phi) is 2.56. The highest BCUT2D eigenvalue weighted by Crippen LogP contribution is 2.69. The highest BCUT2D eigenvalue weighted by atomic mass is 16.7. The number of hydrogen-bond acceptors (Lipinski definition) is 4. The van der Waals surface area contributed by atoms with Gasteiger partial charge in [-0.1, -0.05) is 20.4 Å². The van der Waals surface area contributed by atoms with E-state index in [4.69, 9.17) is 14.2 Å². The summed E-state index contributed by atoms with van der Waals surface area (Å²) >= 11 is 0. The van der Waals surface area contributed by atoms with Gasteiger partial charge in [-0.15, -0.1) is 0 Å². The lowest BCUT2D eigenvalue weighted by molar-refractivity contribution is -0.173. The second kappa shape index (κ2) is 3.86. The van der Waals surface area contributed by atoms with Gasteiger partial charge in [-0.3, -0.25) is 0 Å². The van der Waals surface area contributed by atoms with Crippen LogP contribution in [0.25, 0.3) is 0 Å². The van der Waals surface area contributed by atoms with Gasteiger partial charge in [0.2, 0.25) is 0 Å². The number of hydrogen-bond donors (Lipinski definition) is 1. The number of aliphatic hydroxyl groups is 1. The third-order valence-corrected chi connectivity index (χ3v) is 6.80. The quantitative estimate of drug-likeness (QED) is 0.587. The standard InChI is InChI=1S/C16H24O4/c1-8-5-11-12(20-11)10-6-16(13(17)15(8,10)3)9(2)7-19-14(16)18-4/h8,10-14,17H,2,5-7H2,1,3-4H3/t8-,10-,11-,12+,13-,14-,15+,16-/m1/s1. The summed E-state index contributed by atoms with van der Waals surface area (Å²) in [6.07, 6.45) is 1.79. The topological polar surface area (TPSA) is 51.2 Å². The van der Waals surface area contributed by atoms with Gasteiger partial charge in [-0.2, -0.15) is 0 Å². The molecule has 2 saturated carbocycles. The molecular formula is C16H24O4. The van der Waals surface area contributed by atoms with Crippen LogP contribution in [0.4, 0.5) is 0 Å². The number of ether oxygens (including phenoxy) is 3. The Labute approximate surface area is 120 Å². The summed E-state index contributed by atoms with van der Waals surface area (Å²) < 4.78 is 17.1. The summed E-state index contributed by atoms with van der Waals surface area (Å²) in [4.78, 5) is 0. The van der Waals surface area contributed by atoms with Gasteiger partial charge in [0.05, 0.1) is 30.3 Å². The van der Waals surface area contributed by atoms with E-state index >= 15 is 0 Å². The Bertz CT molecular complexity index is 463. The predicted octanol–water partition coefficient (Wildman–Crippen LogP) is 1.73. The maximum atomic E-state index is 11.2. The Hall–Kier alpha value is -0.420. The van der Waals surface area contributed by atoms with Crippen molar-refractivity contribution in [1.82, 2.24) is 0 Å². The first-order valence-corrected chi connectivity index (χ1v) is 7.62. The Balaban J connectivity index is 1.79. The number of fused-ring (bicyclic) bond motifs is 3. The van der Waals surface area contributed by atoms with Crippen molar-refractivity contribution in [2.45, 2.75) is 51.3 Å². The van der Waals surface area contributed by atoms with Crippen molar-refractivity contribution in [3.63, 3.8) is 0 Å². The SMILES string of the molecule is C=C1CO[C@@H](OC)[C@]12C[C@@H]1[C@@H]3O[C@@H]3C[C@@H](C)[C@]1(C)[C@H]2O. The maximum absolute atomic E-state index is 11.2. The number of methoxy groups -OCH3 is 1. The molecule has 0 amide bonds. The molecular weight excluding hydrogens is 256 g/mol. The normalized spacial score (nSPS) is 60.7. The largest absolute Gasteiger partial charge is 0.391 e. The molecule has 1 N–H and O–H groups in total. The first-order chi connectivity index (χ1) is 9.46. The molecule has 4 nitrogen and oxygen atoms in total. The van der Waals surface area contributed by atoms with Crippen molar-refractivity contribution in [2.24, 2.45) is 22.7 Å². The molecule has 1 spiro atoms. The highest BCUT2D eigenvalue weighted by molar-refractivity contribution is 5.29. The average Bonchev–Trinajstić information content (AvgIpc) is 3.05. The van der Waals surface area contributed by atoms with E-state index in [1.54, 1.807) is 7.11 Å². The monoisotopic (exact) mass is 280 g/mol. The molecule has 2 aliphatic carbocycles. The Morgan fingerprint density at radius 1 is 1.45 bits per heavy atom. The van der Waals surface area contributed by atoms with Gasteiger partial charge in [-0.25, -0.2) is 0 Å². The fourth-order valence-electron chi connectivity index (χ4n) is 5.33. The molecule has 4 rings (SSSR count). The summed E-state index contributed by atoms with van der Waals surface area (Å²) in [5, 5.41) is 11.2.